The average Bonchev–Trinajstić information content (AvgIpc) is 2.81. The van der Waals surface area contributed by atoms with Crippen molar-refractivity contribution in [2.75, 3.05) is 5.32 Å². The largest absolute Gasteiger partial charge is 0.375 e. The highest BCUT2D eigenvalue weighted by molar-refractivity contribution is 9.10. The molecule has 0 bridgehead atoms. The SMILES string of the molecule is Fc1cccc(F)c1NCc1cnc2cnc(Br)cn12. The molecule has 0 aliphatic rings. The Balaban J connectivity index is 1.89. The number of hydrogen-bond acceptors (Lipinski definition) is 3. The molecule has 0 aliphatic carbocycles. The first-order valence-electron chi connectivity index (χ1n) is 5.80. The molecule has 7 heteroatoms. The highest BCUT2D eigenvalue weighted by Gasteiger charge is 2.09. The van der Waals surface area contributed by atoms with Crippen molar-refractivity contribution >= 4 is 27.3 Å². The summed E-state index contributed by atoms with van der Waals surface area (Å²) in [5.41, 5.74) is 1.29. The summed E-state index contributed by atoms with van der Waals surface area (Å²) < 4.78 is 29.5. The quantitative estimate of drug-likeness (QED) is 0.796. The van der Waals surface area contributed by atoms with Crippen molar-refractivity contribution in [2.24, 2.45) is 0 Å². The average molecular weight is 339 g/mol. The minimum absolute atomic E-state index is 0.143. The number of nitrogens with one attached hydrogen (secondary N) is 1. The van der Waals surface area contributed by atoms with E-state index >= 15 is 0 Å². The number of anilines is 1. The Morgan fingerprint density at radius 2 is 1.90 bits per heavy atom. The van der Waals surface area contributed by atoms with Crippen LogP contribution in [0, 0.1) is 11.6 Å². The maximum Gasteiger partial charge on any atom is 0.155 e. The van der Waals surface area contributed by atoms with Gasteiger partial charge in [-0.1, -0.05) is 6.07 Å². The first kappa shape index (κ1) is 13.0. The van der Waals surface area contributed by atoms with E-state index in [0.29, 0.717) is 10.3 Å². The fraction of sp³-hybridized carbons (Fsp3) is 0.0769. The number of rotatable bonds is 3. The molecule has 2 aromatic heterocycles. The maximum atomic E-state index is 13.5. The van der Waals surface area contributed by atoms with Crippen LogP contribution in [0.1, 0.15) is 5.69 Å². The number of imidazole rings is 1. The lowest BCUT2D eigenvalue weighted by Crippen LogP contribution is -2.06. The summed E-state index contributed by atoms with van der Waals surface area (Å²) in [4.78, 5) is 8.23. The third-order valence-electron chi connectivity index (χ3n) is 2.85. The number of nitrogens with zero attached hydrogens (tertiary/aromatic N) is 3. The molecule has 0 aliphatic heterocycles. The molecule has 0 unspecified atom stereocenters. The third-order valence-corrected chi connectivity index (χ3v) is 3.26. The molecule has 3 aromatic rings. The van der Waals surface area contributed by atoms with Crippen molar-refractivity contribution in [3.05, 3.63) is 58.7 Å². The molecule has 0 spiro atoms. The molecule has 1 N–H and O–H groups in total. The van der Waals surface area contributed by atoms with Crippen LogP contribution in [0.15, 0.2) is 41.4 Å². The molecule has 102 valence electrons. The Morgan fingerprint density at radius 3 is 2.65 bits per heavy atom. The van der Waals surface area contributed by atoms with Gasteiger partial charge in [-0.3, -0.25) is 4.40 Å². The van der Waals surface area contributed by atoms with Gasteiger partial charge in [-0.25, -0.2) is 18.7 Å². The number of para-hydroxylation sites is 1. The molecule has 0 saturated heterocycles. The van der Waals surface area contributed by atoms with E-state index in [1.165, 1.54) is 18.2 Å². The minimum Gasteiger partial charge on any atom is -0.375 e. The van der Waals surface area contributed by atoms with E-state index < -0.39 is 11.6 Å². The third kappa shape index (κ3) is 2.36. The Labute approximate surface area is 121 Å². The zero-order valence-electron chi connectivity index (χ0n) is 10.1. The van der Waals surface area contributed by atoms with Crippen molar-refractivity contribution in [1.29, 1.82) is 0 Å². The van der Waals surface area contributed by atoms with E-state index in [1.807, 2.05) is 0 Å². The van der Waals surface area contributed by atoms with Crippen molar-refractivity contribution in [1.82, 2.24) is 14.4 Å². The first-order chi connectivity index (χ1) is 9.65. The molecule has 0 radical (unpaired) electrons. The second kappa shape index (κ2) is 5.16. The van der Waals surface area contributed by atoms with Crippen LogP contribution in [0.25, 0.3) is 5.65 Å². The summed E-state index contributed by atoms with van der Waals surface area (Å²) >= 11 is 3.27. The first-order valence-corrected chi connectivity index (χ1v) is 6.60. The van der Waals surface area contributed by atoms with Crippen LogP contribution in [0.4, 0.5) is 14.5 Å². The van der Waals surface area contributed by atoms with Crippen molar-refractivity contribution < 1.29 is 8.78 Å². The predicted molar refractivity (Wildman–Crippen MR) is 74.4 cm³/mol. The number of hydrogen-bond donors (Lipinski definition) is 1. The summed E-state index contributed by atoms with van der Waals surface area (Å²) in [6.07, 6.45) is 4.99. The monoisotopic (exact) mass is 338 g/mol. The van der Waals surface area contributed by atoms with E-state index in [1.54, 1.807) is 23.0 Å². The normalized spacial score (nSPS) is 10.9. The molecule has 0 saturated carbocycles. The number of benzene rings is 1. The number of fused-ring (bicyclic) bond motifs is 1. The smallest absolute Gasteiger partial charge is 0.155 e. The molecule has 0 amide bonds. The van der Waals surface area contributed by atoms with Crippen LogP contribution >= 0.6 is 15.9 Å². The van der Waals surface area contributed by atoms with Gasteiger partial charge in [-0.05, 0) is 28.1 Å². The van der Waals surface area contributed by atoms with E-state index in [-0.39, 0.29) is 12.2 Å². The van der Waals surface area contributed by atoms with Crippen LogP contribution in [-0.2, 0) is 6.54 Å². The zero-order valence-corrected chi connectivity index (χ0v) is 11.7. The molecule has 1 aromatic carbocycles. The van der Waals surface area contributed by atoms with Gasteiger partial charge in [-0.15, -0.1) is 0 Å². The topological polar surface area (TPSA) is 42.2 Å². The standard InChI is InChI=1S/C13H9BrF2N4/c14-11-7-20-8(4-18-12(20)6-17-11)5-19-13-9(15)2-1-3-10(13)16/h1-4,6-7,19H,5H2. The molecule has 20 heavy (non-hydrogen) atoms. The summed E-state index contributed by atoms with van der Waals surface area (Å²) in [6, 6.07) is 3.74. The van der Waals surface area contributed by atoms with Crippen LogP contribution in [-0.4, -0.2) is 14.4 Å². The molecular weight excluding hydrogens is 330 g/mol. The van der Waals surface area contributed by atoms with Crippen LogP contribution in [0.3, 0.4) is 0 Å². The fourth-order valence-corrected chi connectivity index (χ4v) is 2.20. The molecule has 0 fully saturated rings. The second-order valence-corrected chi connectivity index (χ2v) is 4.95. The van der Waals surface area contributed by atoms with Crippen LogP contribution < -0.4 is 5.32 Å². The van der Waals surface area contributed by atoms with Gasteiger partial charge in [0.05, 0.1) is 24.6 Å². The highest BCUT2D eigenvalue weighted by Crippen LogP contribution is 2.19. The summed E-state index contributed by atoms with van der Waals surface area (Å²) in [5, 5.41) is 2.75. The van der Waals surface area contributed by atoms with Crippen molar-refractivity contribution in [3.8, 4) is 0 Å². The number of halogens is 3. The van der Waals surface area contributed by atoms with Gasteiger partial charge < -0.3 is 5.32 Å². The van der Waals surface area contributed by atoms with Gasteiger partial charge in [0, 0.05) is 6.20 Å². The number of aromatic nitrogens is 3. The van der Waals surface area contributed by atoms with Crippen LogP contribution in [0.2, 0.25) is 0 Å². The Bertz CT molecular complexity index is 752. The van der Waals surface area contributed by atoms with Crippen molar-refractivity contribution in [3.63, 3.8) is 0 Å². The summed E-state index contributed by atoms with van der Waals surface area (Å²) in [7, 11) is 0. The lowest BCUT2D eigenvalue weighted by molar-refractivity contribution is 0.588. The summed E-state index contributed by atoms with van der Waals surface area (Å²) in [6.45, 7) is 0.246. The Kier molecular flexibility index (Phi) is 3.35. The molecule has 2 heterocycles. The van der Waals surface area contributed by atoms with Gasteiger partial charge >= 0.3 is 0 Å². The second-order valence-electron chi connectivity index (χ2n) is 4.14. The fourth-order valence-electron chi connectivity index (χ4n) is 1.89. The van der Waals surface area contributed by atoms with E-state index in [9.17, 15) is 8.78 Å². The lowest BCUT2D eigenvalue weighted by Gasteiger charge is -2.08. The maximum absolute atomic E-state index is 13.5. The highest BCUT2D eigenvalue weighted by atomic mass is 79.9. The molecular formula is C13H9BrF2N4. The van der Waals surface area contributed by atoms with Crippen molar-refractivity contribution in [2.45, 2.75) is 6.54 Å². The molecule has 3 rings (SSSR count). The zero-order chi connectivity index (χ0) is 14.1. The lowest BCUT2D eigenvalue weighted by atomic mass is 10.3. The van der Waals surface area contributed by atoms with Crippen LogP contribution in [0.5, 0.6) is 0 Å². The van der Waals surface area contributed by atoms with Gasteiger partial charge in [-0.2, -0.15) is 0 Å². The molecule has 0 atom stereocenters. The van der Waals surface area contributed by atoms with Gasteiger partial charge in [0.1, 0.15) is 21.9 Å². The van der Waals surface area contributed by atoms with Gasteiger partial charge in [0.25, 0.3) is 0 Å². The molecule has 4 nitrogen and oxygen atoms in total. The van der Waals surface area contributed by atoms with E-state index in [4.69, 9.17) is 0 Å². The Morgan fingerprint density at radius 1 is 1.15 bits per heavy atom. The van der Waals surface area contributed by atoms with Gasteiger partial charge in [0.15, 0.2) is 5.65 Å². The van der Waals surface area contributed by atoms with E-state index in [2.05, 4.69) is 31.2 Å². The predicted octanol–water partition coefficient (Wildman–Crippen LogP) is 3.38. The van der Waals surface area contributed by atoms with E-state index in [0.717, 1.165) is 5.69 Å². The Hall–Kier alpha value is -2.02. The van der Waals surface area contributed by atoms with Gasteiger partial charge in [0.2, 0.25) is 0 Å². The summed E-state index contributed by atoms with van der Waals surface area (Å²) in [5.74, 6) is -1.25. The minimum atomic E-state index is -0.623.